The number of rotatable bonds is 2. The van der Waals surface area contributed by atoms with Crippen molar-refractivity contribution in [3.8, 4) is 0 Å². The van der Waals surface area contributed by atoms with E-state index in [1.54, 1.807) is 0 Å². The Bertz CT molecular complexity index is 590. The van der Waals surface area contributed by atoms with Gasteiger partial charge >= 0.3 is 0 Å². The average Bonchev–Trinajstić information content (AvgIpc) is 2.64. The number of amides is 1. The van der Waals surface area contributed by atoms with Gasteiger partial charge in [0.25, 0.3) is 5.91 Å². The van der Waals surface area contributed by atoms with Crippen LogP contribution in [0.4, 0.5) is 5.69 Å². The van der Waals surface area contributed by atoms with Crippen LogP contribution in [0.3, 0.4) is 0 Å². The molecule has 5 heteroatoms. The standard InChI is InChI=1S/C13H11BrINOS/c1-7-5-12(18-8(7)2)13(17)16-11-6-9(15)3-4-10(11)14/h3-6H,1-2H3,(H,16,17). The highest BCUT2D eigenvalue weighted by Gasteiger charge is 2.12. The third-order valence-electron chi connectivity index (χ3n) is 2.57. The highest BCUT2D eigenvalue weighted by atomic mass is 127. The molecule has 2 aromatic rings. The number of hydrogen-bond donors (Lipinski definition) is 1. The van der Waals surface area contributed by atoms with E-state index >= 15 is 0 Å². The Hall–Kier alpha value is -0.400. The summed E-state index contributed by atoms with van der Waals surface area (Å²) >= 11 is 7.18. The van der Waals surface area contributed by atoms with Crippen molar-refractivity contribution in [3.63, 3.8) is 0 Å². The van der Waals surface area contributed by atoms with Gasteiger partial charge in [-0.2, -0.15) is 0 Å². The molecule has 0 aliphatic heterocycles. The summed E-state index contributed by atoms with van der Waals surface area (Å²) in [6, 6.07) is 7.79. The van der Waals surface area contributed by atoms with Crippen LogP contribution in [0.5, 0.6) is 0 Å². The molecule has 0 saturated heterocycles. The number of nitrogens with one attached hydrogen (secondary N) is 1. The summed E-state index contributed by atoms with van der Waals surface area (Å²) in [7, 11) is 0. The lowest BCUT2D eigenvalue weighted by Crippen LogP contribution is -2.10. The van der Waals surface area contributed by atoms with Crippen molar-refractivity contribution in [3.05, 3.63) is 47.6 Å². The fourth-order valence-corrected chi connectivity index (χ4v) is 3.23. The number of anilines is 1. The molecule has 94 valence electrons. The van der Waals surface area contributed by atoms with Gasteiger partial charge in [-0.05, 0) is 82.2 Å². The first kappa shape index (κ1) is 14.0. The number of halogens is 2. The minimum absolute atomic E-state index is 0.0566. The molecule has 0 fully saturated rings. The Kier molecular flexibility index (Phi) is 4.45. The fraction of sp³-hybridized carbons (Fsp3) is 0.154. The van der Waals surface area contributed by atoms with Crippen LogP contribution in [0.15, 0.2) is 28.7 Å². The topological polar surface area (TPSA) is 29.1 Å². The van der Waals surface area contributed by atoms with E-state index in [4.69, 9.17) is 0 Å². The molecule has 1 aromatic heterocycles. The van der Waals surface area contributed by atoms with Gasteiger partial charge in [0.05, 0.1) is 10.6 Å². The Morgan fingerprint density at radius 3 is 2.67 bits per heavy atom. The van der Waals surface area contributed by atoms with Crippen molar-refractivity contribution in [2.45, 2.75) is 13.8 Å². The van der Waals surface area contributed by atoms with Crippen molar-refractivity contribution in [1.82, 2.24) is 0 Å². The Balaban J connectivity index is 2.23. The van der Waals surface area contributed by atoms with Crippen LogP contribution < -0.4 is 5.32 Å². The Morgan fingerprint density at radius 2 is 2.06 bits per heavy atom. The van der Waals surface area contributed by atoms with Gasteiger partial charge in [0, 0.05) is 12.9 Å². The molecule has 2 rings (SSSR count). The molecule has 0 saturated carbocycles. The first-order chi connectivity index (χ1) is 8.47. The van der Waals surface area contributed by atoms with E-state index in [0.29, 0.717) is 0 Å². The largest absolute Gasteiger partial charge is 0.320 e. The summed E-state index contributed by atoms with van der Waals surface area (Å²) in [4.78, 5) is 14.0. The molecule has 0 aliphatic rings. The second-order valence-electron chi connectivity index (χ2n) is 3.93. The summed E-state index contributed by atoms with van der Waals surface area (Å²) in [5.41, 5.74) is 1.96. The van der Waals surface area contributed by atoms with Gasteiger partial charge < -0.3 is 5.32 Å². The summed E-state index contributed by atoms with van der Waals surface area (Å²) in [5, 5.41) is 2.93. The van der Waals surface area contributed by atoms with Gasteiger partial charge in [-0.3, -0.25) is 4.79 Å². The minimum Gasteiger partial charge on any atom is -0.320 e. The van der Waals surface area contributed by atoms with Crippen molar-refractivity contribution in [1.29, 1.82) is 0 Å². The SMILES string of the molecule is Cc1cc(C(=O)Nc2cc(I)ccc2Br)sc1C. The second kappa shape index (κ2) is 5.71. The maximum atomic E-state index is 12.1. The summed E-state index contributed by atoms with van der Waals surface area (Å²) in [6.07, 6.45) is 0. The first-order valence-electron chi connectivity index (χ1n) is 5.31. The quantitative estimate of drug-likeness (QED) is 0.662. The molecule has 1 amide bonds. The van der Waals surface area contributed by atoms with Crippen molar-refractivity contribution < 1.29 is 4.79 Å². The highest BCUT2D eigenvalue weighted by molar-refractivity contribution is 14.1. The third-order valence-corrected chi connectivity index (χ3v) is 5.08. The third kappa shape index (κ3) is 3.13. The average molecular weight is 436 g/mol. The van der Waals surface area contributed by atoms with E-state index in [1.165, 1.54) is 16.2 Å². The summed E-state index contributed by atoms with van der Waals surface area (Å²) in [5.74, 6) is -0.0566. The molecule has 1 aromatic carbocycles. The molecule has 0 atom stereocenters. The van der Waals surface area contributed by atoms with Crippen LogP contribution in [0.1, 0.15) is 20.1 Å². The van der Waals surface area contributed by atoms with Gasteiger partial charge in [-0.15, -0.1) is 11.3 Å². The first-order valence-corrected chi connectivity index (χ1v) is 7.99. The molecule has 2 nitrogen and oxygen atoms in total. The van der Waals surface area contributed by atoms with Crippen LogP contribution in [0, 0.1) is 17.4 Å². The van der Waals surface area contributed by atoms with Gasteiger partial charge in [-0.1, -0.05) is 0 Å². The molecule has 1 N–H and O–H groups in total. The van der Waals surface area contributed by atoms with Crippen LogP contribution in [-0.4, -0.2) is 5.91 Å². The van der Waals surface area contributed by atoms with Crippen LogP contribution in [0.2, 0.25) is 0 Å². The minimum atomic E-state index is -0.0566. The summed E-state index contributed by atoms with van der Waals surface area (Å²) in [6.45, 7) is 4.04. The normalized spacial score (nSPS) is 10.4. The van der Waals surface area contributed by atoms with Gasteiger partial charge in [0.2, 0.25) is 0 Å². The maximum absolute atomic E-state index is 12.1. The second-order valence-corrected chi connectivity index (χ2v) is 7.28. The number of carbonyl (C=O) groups excluding carboxylic acids is 1. The zero-order valence-corrected chi connectivity index (χ0v) is 14.4. The zero-order valence-electron chi connectivity index (χ0n) is 9.88. The lowest BCUT2D eigenvalue weighted by molar-refractivity contribution is 0.103. The molecular formula is C13H11BrINOS. The van der Waals surface area contributed by atoms with Gasteiger partial charge in [0.15, 0.2) is 0 Å². The van der Waals surface area contributed by atoms with Crippen LogP contribution in [-0.2, 0) is 0 Å². The monoisotopic (exact) mass is 435 g/mol. The van der Waals surface area contributed by atoms with E-state index in [2.05, 4.69) is 43.8 Å². The van der Waals surface area contributed by atoms with Gasteiger partial charge in [0.1, 0.15) is 0 Å². The molecule has 18 heavy (non-hydrogen) atoms. The van der Waals surface area contributed by atoms with Crippen molar-refractivity contribution in [2.75, 3.05) is 5.32 Å². The van der Waals surface area contributed by atoms with Gasteiger partial charge in [-0.25, -0.2) is 0 Å². The lowest BCUT2D eigenvalue weighted by atomic mass is 10.2. The maximum Gasteiger partial charge on any atom is 0.265 e. The predicted octanol–water partition coefficient (Wildman–Crippen LogP) is 4.98. The fourth-order valence-electron chi connectivity index (χ4n) is 1.46. The summed E-state index contributed by atoms with van der Waals surface area (Å²) < 4.78 is 1.98. The molecule has 0 radical (unpaired) electrons. The Morgan fingerprint density at radius 1 is 1.33 bits per heavy atom. The van der Waals surface area contributed by atoms with E-state index in [1.807, 2.05) is 38.1 Å². The number of benzene rings is 1. The zero-order chi connectivity index (χ0) is 13.3. The molecule has 0 unspecified atom stereocenters. The molecular weight excluding hydrogens is 425 g/mol. The predicted molar refractivity (Wildman–Crippen MR) is 88.6 cm³/mol. The van der Waals surface area contributed by atoms with E-state index in [9.17, 15) is 4.79 Å². The molecule has 0 spiro atoms. The van der Waals surface area contributed by atoms with E-state index < -0.39 is 0 Å². The number of aryl methyl sites for hydroxylation is 2. The van der Waals surface area contributed by atoms with E-state index in [0.717, 1.165) is 24.2 Å². The number of hydrogen-bond acceptors (Lipinski definition) is 2. The Labute approximate surface area is 132 Å². The van der Waals surface area contributed by atoms with E-state index in [-0.39, 0.29) is 5.91 Å². The van der Waals surface area contributed by atoms with Crippen molar-refractivity contribution in [2.24, 2.45) is 0 Å². The molecule has 0 aliphatic carbocycles. The van der Waals surface area contributed by atoms with Crippen molar-refractivity contribution >= 4 is 61.5 Å². The smallest absolute Gasteiger partial charge is 0.265 e. The van der Waals surface area contributed by atoms with Crippen LogP contribution >= 0.6 is 49.9 Å². The number of carbonyl (C=O) groups is 1. The van der Waals surface area contributed by atoms with Crippen LogP contribution in [0.25, 0.3) is 0 Å². The lowest BCUT2D eigenvalue weighted by Gasteiger charge is -2.06. The highest BCUT2D eigenvalue weighted by Crippen LogP contribution is 2.26. The molecule has 1 heterocycles. The molecule has 0 bridgehead atoms. The number of thiophene rings is 1.